The van der Waals surface area contributed by atoms with Gasteiger partial charge in [-0.3, -0.25) is 9.59 Å². The molecule has 0 aromatic carbocycles. The van der Waals surface area contributed by atoms with E-state index in [4.69, 9.17) is 14.2 Å². The molecule has 1 saturated heterocycles. The Labute approximate surface area is 525 Å². The van der Waals surface area contributed by atoms with Crippen LogP contribution in [0.25, 0.3) is 0 Å². The minimum absolute atomic E-state index is 0.132. The van der Waals surface area contributed by atoms with Crippen molar-refractivity contribution in [2.45, 2.75) is 436 Å². The van der Waals surface area contributed by atoms with Gasteiger partial charge in [0.1, 0.15) is 24.4 Å². The van der Waals surface area contributed by atoms with Gasteiger partial charge in [0, 0.05) is 6.42 Å². The summed E-state index contributed by atoms with van der Waals surface area (Å²) in [6.07, 6.45) is 64.1. The lowest BCUT2D eigenvalue weighted by Gasteiger charge is -2.41. The highest BCUT2D eigenvalue weighted by molar-refractivity contribution is 5.80. The number of carbonyl (C=O) groups excluding carboxylic acids is 2. The standard InChI is InChI=1S/C74H143NO10/c1-4-7-10-13-16-19-22-24-26-28-30-32-34-36-38-40-42-44-47-50-53-56-59-62-69(79)85-72-71(81)70(80)68(63-76)84-74(72)83-64-65(66(77)60-57-54-51-48-45-21-18-15-12-9-6-3)75-73(82)67(78)61-58-55-52-49-46-43-41-39-37-35-33-31-29-27-25-23-20-17-14-11-8-5-2/h57,60,65-68,70-72,74,76-78,80-81H,4-56,58-59,61-64H2,1-3H3,(H,75,82)/b60-57+. The zero-order chi connectivity index (χ0) is 61.7. The molecule has 0 aromatic rings. The summed E-state index contributed by atoms with van der Waals surface area (Å²) in [6.45, 7) is 5.86. The van der Waals surface area contributed by atoms with Gasteiger partial charge in [0.2, 0.25) is 5.91 Å². The largest absolute Gasteiger partial charge is 0.454 e. The first-order valence-corrected chi connectivity index (χ1v) is 37.5. The van der Waals surface area contributed by atoms with Gasteiger partial charge < -0.3 is 45.1 Å². The number of ether oxygens (including phenoxy) is 3. The molecule has 1 amide bonds. The molecule has 6 N–H and O–H groups in total. The zero-order valence-electron chi connectivity index (χ0n) is 56.3. The van der Waals surface area contributed by atoms with Crippen molar-refractivity contribution in [1.82, 2.24) is 5.32 Å². The molecule has 8 atom stereocenters. The number of nitrogens with one attached hydrogen (secondary N) is 1. The van der Waals surface area contributed by atoms with Crippen LogP contribution >= 0.6 is 0 Å². The minimum Gasteiger partial charge on any atom is -0.454 e. The van der Waals surface area contributed by atoms with Gasteiger partial charge >= 0.3 is 5.97 Å². The number of carbonyl (C=O) groups is 2. The Morgan fingerprint density at radius 1 is 0.447 bits per heavy atom. The minimum atomic E-state index is -1.61. The molecule has 8 unspecified atom stereocenters. The summed E-state index contributed by atoms with van der Waals surface area (Å²) in [5.41, 5.74) is 0. The van der Waals surface area contributed by atoms with Gasteiger partial charge in [-0.1, -0.05) is 367 Å². The molecule has 1 aliphatic rings. The predicted molar refractivity (Wildman–Crippen MR) is 357 cm³/mol. The zero-order valence-corrected chi connectivity index (χ0v) is 56.3. The van der Waals surface area contributed by atoms with Crippen molar-refractivity contribution >= 4 is 11.9 Å². The number of hydrogen-bond acceptors (Lipinski definition) is 10. The molecule has 0 aromatic heterocycles. The number of allylic oxidation sites excluding steroid dienone is 1. The highest BCUT2D eigenvalue weighted by Crippen LogP contribution is 2.27. The SMILES string of the molecule is CCCCCCCCCCC/C=C/C(O)C(COC1OC(CO)C(O)C(O)C1OC(=O)CCCCCCCCCCCCCCCCCCCCCCCCC)NC(=O)C(O)CCCCCCCCCCCCCCCCCCCCCCCC. The molecule has 504 valence electrons. The third-order valence-corrected chi connectivity index (χ3v) is 18.2. The van der Waals surface area contributed by atoms with Crippen LogP contribution in [0.5, 0.6) is 0 Å². The van der Waals surface area contributed by atoms with Gasteiger partial charge in [-0.15, -0.1) is 0 Å². The van der Waals surface area contributed by atoms with Crippen LogP contribution in [0, 0.1) is 0 Å². The van der Waals surface area contributed by atoms with Crippen LogP contribution in [0.2, 0.25) is 0 Å². The summed E-state index contributed by atoms with van der Waals surface area (Å²) >= 11 is 0. The van der Waals surface area contributed by atoms with Gasteiger partial charge in [-0.25, -0.2) is 0 Å². The fourth-order valence-corrected chi connectivity index (χ4v) is 12.3. The Balaban J connectivity index is 2.51. The molecule has 0 bridgehead atoms. The molecule has 1 heterocycles. The van der Waals surface area contributed by atoms with E-state index in [0.717, 1.165) is 57.8 Å². The van der Waals surface area contributed by atoms with E-state index < -0.39 is 67.4 Å². The second kappa shape index (κ2) is 62.6. The average Bonchev–Trinajstić information content (AvgIpc) is 3.22. The Morgan fingerprint density at radius 3 is 1.11 bits per heavy atom. The normalized spacial score (nSPS) is 18.3. The molecular weight excluding hydrogens is 1060 g/mol. The summed E-state index contributed by atoms with van der Waals surface area (Å²) in [5, 5.41) is 57.3. The lowest BCUT2D eigenvalue weighted by atomic mass is 9.99. The van der Waals surface area contributed by atoms with Crippen molar-refractivity contribution in [2.75, 3.05) is 13.2 Å². The topological polar surface area (TPSA) is 175 Å². The van der Waals surface area contributed by atoms with Crippen LogP contribution in [0.15, 0.2) is 12.2 Å². The maximum absolute atomic E-state index is 13.5. The molecule has 0 spiro atoms. The van der Waals surface area contributed by atoms with Crippen molar-refractivity contribution in [2.24, 2.45) is 0 Å². The van der Waals surface area contributed by atoms with Gasteiger partial charge in [0.15, 0.2) is 12.4 Å². The van der Waals surface area contributed by atoms with Crippen LogP contribution in [-0.4, -0.2) is 99.6 Å². The number of amides is 1. The maximum atomic E-state index is 13.5. The lowest BCUT2D eigenvalue weighted by Crippen LogP contribution is -2.61. The number of aliphatic hydroxyl groups excluding tert-OH is 5. The van der Waals surface area contributed by atoms with E-state index in [1.54, 1.807) is 6.08 Å². The molecule has 1 fully saturated rings. The van der Waals surface area contributed by atoms with Gasteiger partial charge in [-0.05, 0) is 25.7 Å². The first kappa shape index (κ1) is 81.4. The number of rotatable bonds is 66. The lowest BCUT2D eigenvalue weighted by molar-refractivity contribution is -0.305. The highest BCUT2D eigenvalue weighted by atomic mass is 16.7. The molecule has 85 heavy (non-hydrogen) atoms. The number of aliphatic hydroxyl groups is 5. The van der Waals surface area contributed by atoms with Gasteiger partial charge in [0.25, 0.3) is 0 Å². The third kappa shape index (κ3) is 49.8. The van der Waals surface area contributed by atoms with E-state index in [-0.39, 0.29) is 13.0 Å². The van der Waals surface area contributed by atoms with Crippen molar-refractivity contribution in [1.29, 1.82) is 0 Å². The van der Waals surface area contributed by atoms with E-state index in [9.17, 15) is 35.1 Å². The molecular formula is C74H143NO10. The molecule has 0 saturated carbocycles. The first-order valence-electron chi connectivity index (χ1n) is 37.5. The fourth-order valence-electron chi connectivity index (χ4n) is 12.3. The summed E-state index contributed by atoms with van der Waals surface area (Å²) in [7, 11) is 0. The number of unbranched alkanes of at least 4 members (excludes halogenated alkanes) is 52. The Bertz CT molecular complexity index is 1430. The van der Waals surface area contributed by atoms with E-state index in [1.165, 1.54) is 283 Å². The van der Waals surface area contributed by atoms with Gasteiger partial charge in [0.05, 0.1) is 25.4 Å². The Hall–Kier alpha value is -1.60. The molecule has 0 radical (unpaired) electrons. The maximum Gasteiger partial charge on any atom is 0.306 e. The highest BCUT2D eigenvalue weighted by Gasteiger charge is 2.47. The van der Waals surface area contributed by atoms with Crippen LogP contribution in [-0.2, 0) is 23.8 Å². The monoisotopic (exact) mass is 1210 g/mol. The van der Waals surface area contributed by atoms with Crippen molar-refractivity contribution in [3.63, 3.8) is 0 Å². The molecule has 0 aliphatic carbocycles. The van der Waals surface area contributed by atoms with E-state index in [0.29, 0.717) is 19.3 Å². The fraction of sp³-hybridized carbons (Fsp3) is 0.946. The molecule has 1 rings (SSSR count). The Kier molecular flexibility index (Phi) is 59.9. The summed E-state index contributed by atoms with van der Waals surface area (Å²) in [5.74, 6) is -1.17. The van der Waals surface area contributed by atoms with Crippen molar-refractivity contribution in [3.8, 4) is 0 Å². The molecule has 11 heteroatoms. The van der Waals surface area contributed by atoms with E-state index in [1.807, 2.05) is 6.08 Å². The molecule has 11 nitrogen and oxygen atoms in total. The second-order valence-electron chi connectivity index (χ2n) is 26.4. The van der Waals surface area contributed by atoms with E-state index in [2.05, 4.69) is 26.1 Å². The smallest absolute Gasteiger partial charge is 0.306 e. The van der Waals surface area contributed by atoms with Crippen LogP contribution in [0.1, 0.15) is 387 Å². The molecule has 1 aliphatic heterocycles. The summed E-state index contributed by atoms with van der Waals surface area (Å²) < 4.78 is 17.7. The first-order chi connectivity index (χ1) is 41.7. The second-order valence-corrected chi connectivity index (χ2v) is 26.4. The van der Waals surface area contributed by atoms with Crippen LogP contribution in [0.3, 0.4) is 0 Å². The Morgan fingerprint density at radius 2 is 0.765 bits per heavy atom. The van der Waals surface area contributed by atoms with Gasteiger partial charge in [-0.2, -0.15) is 0 Å². The average molecular weight is 1210 g/mol. The number of hydrogen-bond donors (Lipinski definition) is 6. The van der Waals surface area contributed by atoms with Crippen LogP contribution < -0.4 is 5.32 Å². The van der Waals surface area contributed by atoms with Crippen molar-refractivity contribution < 1.29 is 49.3 Å². The summed E-state index contributed by atoms with van der Waals surface area (Å²) in [4.78, 5) is 26.7. The van der Waals surface area contributed by atoms with Crippen molar-refractivity contribution in [3.05, 3.63) is 12.2 Å². The van der Waals surface area contributed by atoms with E-state index >= 15 is 0 Å². The van der Waals surface area contributed by atoms with Crippen LogP contribution in [0.4, 0.5) is 0 Å². The third-order valence-electron chi connectivity index (χ3n) is 18.2. The number of esters is 1. The predicted octanol–water partition coefficient (Wildman–Crippen LogP) is 19.4. The summed E-state index contributed by atoms with van der Waals surface area (Å²) in [6, 6.07) is -1.02. The quantitative estimate of drug-likeness (QED) is 0.0195.